The number of rotatable bonds is 6. The Morgan fingerprint density at radius 2 is 1.86 bits per heavy atom. The summed E-state index contributed by atoms with van der Waals surface area (Å²) in [4.78, 5) is 1.15. The average molecular weight is 372 g/mol. The SMILES string of the molecule is CNC(CSc1ccccc1)Cc1c(F)ccc(Br)c1F. The average Bonchev–Trinajstić information content (AvgIpc) is 2.51. The molecule has 0 aliphatic heterocycles. The Morgan fingerprint density at radius 3 is 2.52 bits per heavy atom. The van der Waals surface area contributed by atoms with Gasteiger partial charge in [-0.1, -0.05) is 18.2 Å². The number of hydrogen-bond acceptors (Lipinski definition) is 2. The van der Waals surface area contributed by atoms with Crippen LogP contribution in [0.3, 0.4) is 0 Å². The van der Waals surface area contributed by atoms with E-state index in [0.717, 1.165) is 10.6 Å². The van der Waals surface area contributed by atoms with Crippen molar-refractivity contribution in [3.8, 4) is 0 Å². The first kappa shape index (κ1) is 16.5. The van der Waals surface area contributed by atoms with Crippen molar-refractivity contribution < 1.29 is 8.78 Å². The van der Waals surface area contributed by atoms with Crippen LogP contribution in [0.1, 0.15) is 5.56 Å². The fourth-order valence-corrected chi connectivity index (χ4v) is 3.36. The normalized spacial score (nSPS) is 12.4. The van der Waals surface area contributed by atoms with E-state index in [2.05, 4.69) is 21.2 Å². The van der Waals surface area contributed by atoms with Gasteiger partial charge in [-0.05, 0) is 53.7 Å². The second kappa shape index (κ2) is 7.92. The van der Waals surface area contributed by atoms with E-state index in [4.69, 9.17) is 0 Å². The Bertz CT molecular complexity index is 592. The molecule has 1 unspecified atom stereocenters. The molecule has 21 heavy (non-hydrogen) atoms. The Morgan fingerprint density at radius 1 is 1.14 bits per heavy atom. The molecule has 2 rings (SSSR count). The van der Waals surface area contributed by atoms with Gasteiger partial charge in [0.1, 0.15) is 11.6 Å². The lowest BCUT2D eigenvalue weighted by molar-refractivity contribution is 0.521. The van der Waals surface area contributed by atoms with Crippen LogP contribution >= 0.6 is 27.7 Å². The van der Waals surface area contributed by atoms with E-state index in [-0.39, 0.29) is 11.6 Å². The van der Waals surface area contributed by atoms with Gasteiger partial charge >= 0.3 is 0 Å². The molecular weight excluding hydrogens is 356 g/mol. The number of nitrogens with one attached hydrogen (secondary N) is 1. The summed E-state index contributed by atoms with van der Waals surface area (Å²) >= 11 is 4.77. The predicted octanol–water partition coefficient (Wildman–Crippen LogP) is 4.65. The van der Waals surface area contributed by atoms with Gasteiger partial charge in [0.15, 0.2) is 0 Å². The van der Waals surface area contributed by atoms with Gasteiger partial charge in [0.2, 0.25) is 0 Å². The van der Waals surface area contributed by atoms with Gasteiger partial charge in [-0.15, -0.1) is 11.8 Å². The van der Waals surface area contributed by atoms with Gasteiger partial charge in [-0.3, -0.25) is 0 Å². The van der Waals surface area contributed by atoms with Gasteiger partial charge in [0.05, 0.1) is 4.47 Å². The molecule has 0 spiro atoms. The highest BCUT2D eigenvalue weighted by Gasteiger charge is 2.17. The lowest BCUT2D eigenvalue weighted by atomic mass is 10.1. The molecule has 0 saturated heterocycles. The summed E-state index contributed by atoms with van der Waals surface area (Å²) in [6.45, 7) is 0. The molecule has 0 amide bonds. The minimum atomic E-state index is -0.514. The molecule has 5 heteroatoms. The number of hydrogen-bond donors (Lipinski definition) is 1. The van der Waals surface area contributed by atoms with Crippen LogP contribution in [0.5, 0.6) is 0 Å². The second-order valence-electron chi connectivity index (χ2n) is 4.64. The number of likely N-dealkylation sites (N-methyl/N-ethyl adjacent to an activating group) is 1. The van der Waals surface area contributed by atoms with E-state index < -0.39 is 11.6 Å². The van der Waals surface area contributed by atoms with Crippen molar-refractivity contribution in [1.29, 1.82) is 0 Å². The molecule has 0 aromatic heterocycles. The van der Waals surface area contributed by atoms with Crippen LogP contribution in [0.2, 0.25) is 0 Å². The summed E-state index contributed by atoms with van der Waals surface area (Å²) in [5.41, 5.74) is 0.123. The minimum Gasteiger partial charge on any atom is -0.316 e. The number of halogens is 3. The zero-order valence-corrected chi connectivity index (χ0v) is 14.0. The molecule has 2 aromatic carbocycles. The molecule has 0 aliphatic rings. The smallest absolute Gasteiger partial charge is 0.143 e. The van der Waals surface area contributed by atoms with Crippen LogP contribution in [-0.4, -0.2) is 18.8 Å². The maximum Gasteiger partial charge on any atom is 0.143 e. The highest BCUT2D eigenvalue weighted by Crippen LogP contribution is 2.24. The monoisotopic (exact) mass is 371 g/mol. The van der Waals surface area contributed by atoms with E-state index >= 15 is 0 Å². The van der Waals surface area contributed by atoms with Gasteiger partial charge < -0.3 is 5.32 Å². The van der Waals surface area contributed by atoms with E-state index in [1.165, 1.54) is 12.1 Å². The van der Waals surface area contributed by atoms with Crippen molar-refractivity contribution in [2.45, 2.75) is 17.4 Å². The first-order valence-electron chi connectivity index (χ1n) is 6.59. The molecule has 112 valence electrons. The first-order valence-corrected chi connectivity index (χ1v) is 8.37. The Hall–Kier alpha value is -0.910. The molecule has 0 fully saturated rings. The van der Waals surface area contributed by atoms with E-state index in [9.17, 15) is 8.78 Å². The quantitative estimate of drug-likeness (QED) is 0.585. The van der Waals surface area contributed by atoms with Crippen LogP contribution in [0.4, 0.5) is 8.78 Å². The van der Waals surface area contributed by atoms with Crippen molar-refractivity contribution in [3.05, 3.63) is 64.1 Å². The van der Waals surface area contributed by atoms with Crippen molar-refractivity contribution in [1.82, 2.24) is 5.32 Å². The molecule has 1 atom stereocenters. The molecular formula is C16H16BrF2NS. The summed E-state index contributed by atoms with van der Waals surface area (Å²) < 4.78 is 28.1. The van der Waals surface area contributed by atoms with E-state index in [1.54, 1.807) is 11.8 Å². The van der Waals surface area contributed by atoms with E-state index in [1.807, 2.05) is 37.4 Å². The summed E-state index contributed by atoms with van der Waals surface area (Å²) in [5, 5.41) is 3.13. The molecule has 2 aromatic rings. The lowest BCUT2D eigenvalue weighted by Gasteiger charge is -2.17. The molecule has 0 aliphatic carbocycles. The third-order valence-electron chi connectivity index (χ3n) is 3.19. The van der Waals surface area contributed by atoms with Crippen molar-refractivity contribution in [2.75, 3.05) is 12.8 Å². The van der Waals surface area contributed by atoms with Crippen LogP contribution in [-0.2, 0) is 6.42 Å². The van der Waals surface area contributed by atoms with Crippen molar-refractivity contribution in [3.63, 3.8) is 0 Å². The second-order valence-corrected chi connectivity index (χ2v) is 6.58. The number of thioether (sulfide) groups is 1. The Kier molecular flexibility index (Phi) is 6.21. The maximum absolute atomic E-state index is 14.0. The topological polar surface area (TPSA) is 12.0 Å². The summed E-state index contributed by atoms with van der Waals surface area (Å²) in [7, 11) is 1.81. The first-order chi connectivity index (χ1) is 10.1. The Balaban J connectivity index is 2.04. The predicted molar refractivity (Wildman–Crippen MR) is 87.8 cm³/mol. The molecule has 0 saturated carbocycles. The summed E-state index contributed by atoms with van der Waals surface area (Å²) in [6, 6.07) is 12.6. The number of benzene rings is 2. The summed E-state index contributed by atoms with van der Waals surface area (Å²) in [5.74, 6) is -0.271. The maximum atomic E-state index is 14.0. The third-order valence-corrected chi connectivity index (χ3v) is 4.98. The minimum absolute atomic E-state index is 0.00601. The zero-order valence-electron chi connectivity index (χ0n) is 11.6. The van der Waals surface area contributed by atoms with Crippen molar-refractivity contribution in [2.24, 2.45) is 0 Å². The largest absolute Gasteiger partial charge is 0.316 e. The van der Waals surface area contributed by atoms with Gasteiger partial charge in [0, 0.05) is 22.3 Å². The van der Waals surface area contributed by atoms with Gasteiger partial charge in [-0.2, -0.15) is 0 Å². The third kappa shape index (κ3) is 4.53. The van der Waals surface area contributed by atoms with Crippen LogP contribution in [0.25, 0.3) is 0 Å². The fraction of sp³-hybridized carbons (Fsp3) is 0.250. The van der Waals surface area contributed by atoms with Crippen LogP contribution in [0.15, 0.2) is 51.8 Å². The molecule has 0 bridgehead atoms. The highest BCUT2D eigenvalue weighted by molar-refractivity contribution is 9.10. The molecule has 0 heterocycles. The standard InChI is InChI=1S/C16H16BrF2NS/c1-20-11(10-21-12-5-3-2-4-6-12)9-13-15(18)8-7-14(17)16(13)19/h2-8,11,20H,9-10H2,1H3. The molecule has 1 nitrogen and oxygen atoms in total. The zero-order chi connectivity index (χ0) is 15.2. The van der Waals surface area contributed by atoms with E-state index in [0.29, 0.717) is 10.9 Å². The molecule has 1 N–H and O–H groups in total. The van der Waals surface area contributed by atoms with Crippen LogP contribution in [0, 0.1) is 11.6 Å². The summed E-state index contributed by atoms with van der Waals surface area (Å²) in [6.07, 6.45) is 0.313. The van der Waals surface area contributed by atoms with Crippen LogP contribution < -0.4 is 5.32 Å². The Labute approximate surface area is 136 Å². The van der Waals surface area contributed by atoms with Gasteiger partial charge in [-0.25, -0.2) is 8.78 Å². The van der Waals surface area contributed by atoms with Crippen molar-refractivity contribution >= 4 is 27.7 Å². The van der Waals surface area contributed by atoms with Gasteiger partial charge in [0.25, 0.3) is 0 Å². The fourth-order valence-electron chi connectivity index (χ4n) is 1.96. The molecule has 0 radical (unpaired) electrons. The highest BCUT2D eigenvalue weighted by atomic mass is 79.9. The lowest BCUT2D eigenvalue weighted by Crippen LogP contribution is -2.30.